The molecule has 0 radical (unpaired) electrons. The SMILES string of the molecule is Cc1ccc(N2C(=S)N(c3ccc(C#N)c(C)c3F)C(=O)C2(C)C)cn1. The predicted molar refractivity (Wildman–Crippen MR) is 101 cm³/mol. The van der Waals surface area contributed by atoms with E-state index in [1.165, 1.54) is 24.0 Å². The van der Waals surface area contributed by atoms with Gasteiger partial charge >= 0.3 is 0 Å². The summed E-state index contributed by atoms with van der Waals surface area (Å²) >= 11 is 5.52. The molecule has 1 aromatic heterocycles. The molecule has 0 spiro atoms. The Kier molecular flexibility index (Phi) is 4.24. The molecule has 1 aliphatic rings. The smallest absolute Gasteiger partial charge is 0.259 e. The summed E-state index contributed by atoms with van der Waals surface area (Å²) in [6.45, 7) is 6.84. The van der Waals surface area contributed by atoms with Gasteiger partial charge in [0, 0.05) is 11.3 Å². The lowest BCUT2D eigenvalue weighted by molar-refractivity contribution is -0.120. The Balaban J connectivity index is 2.13. The van der Waals surface area contributed by atoms with Crippen molar-refractivity contribution in [3.63, 3.8) is 0 Å². The quantitative estimate of drug-likeness (QED) is 0.758. The van der Waals surface area contributed by atoms with Crippen LogP contribution >= 0.6 is 12.2 Å². The van der Waals surface area contributed by atoms with Crippen LogP contribution in [0.15, 0.2) is 30.5 Å². The molecule has 0 saturated carbocycles. The fraction of sp³-hybridized carbons (Fsp3) is 0.263. The molecule has 1 saturated heterocycles. The number of thiocarbonyl (C=S) groups is 1. The Labute approximate surface area is 156 Å². The third kappa shape index (κ3) is 2.54. The van der Waals surface area contributed by atoms with E-state index >= 15 is 0 Å². The maximum Gasteiger partial charge on any atom is 0.259 e. The van der Waals surface area contributed by atoms with Crippen LogP contribution in [-0.4, -0.2) is 21.5 Å². The second-order valence-electron chi connectivity index (χ2n) is 6.66. The number of benzene rings is 1. The lowest BCUT2D eigenvalue weighted by atomic mass is 10.0. The molecule has 1 amide bonds. The minimum absolute atomic E-state index is 0.0483. The van der Waals surface area contributed by atoms with Gasteiger partial charge in [-0.25, -0.2) is 4.39 Å². The number of halogens is 1. The van der Waals surface area contributed by atoms with Crippen LogP contribution in [0.25, 0.3) is 0 Å². The number of nitriles is 1. The van der Waals surface area contributed by atoms with Crippen molar-refractivity contribution in [3.05, 3.63) is 53.1 Å². The number of aryl methyl sites for hydroxylation is 1. The predicted octanol–water partition coefficient (Wildman–Crippen LogP) is 3.63. The third-order valence-electron chi connectivity index (χ3n) is 4.55. The van der Waals surface area contributed by atoms with E-state index < -0.39 is 11.4 Å². The van der Waals surface area contributed by atoms with E-state index in [-0.39, 0.29) is 27.8 Å². The molecule has 0 N–H and O–H groups in total. The minimum Gasteiger partial charge on any atom is -0.302 e. The normalized spacial score (nSPS) is 16.2. The first-order chi connectivity index (χ1) is 12.2. The van der Waals surface area contributed by atoms with Gasteiger partial charge in [0.05, 0.1) is 29.2 Å². The average molecular weight is 368 g/mol. The second kappa shape index (κ2) is 6.15. The number of carbonyl (C=O) groups is 1. The first-order valence-corrected chi connectivity index (χ1v) is 8.41. The topological polar surface area (TPSA) is 60.2 Å². The van der Waals surface area contributed by atoms with E-state index in [1.54, 1.807) is 24.9 Å². The lowest BCUT2D eigenvalue weighted by Gasteiger charge is -2.29. The zero-order chi connectivity index (χ0) is 19.2. The van der Waals surface area contributed by atoms with Crippen molar-refractivity contribution in [1.82, 2.24) is 4.98 Å². The lowest BCUT2D eigenvalue weighted by Crippen LogP contribution is -2.44. The van der Waals surface area contributed by atoms with Gasteiger partial charge in [0.25, 0.3) is 5.91 Å². The Hall–Kier alpha value is -2.85. The van der Waals surface area contributed by atoms with Gasteiger partial charge in [-0.15, -0.1) is 0 Å². The zero-order valence-corrected chi connectivity index (χ0v) is 15.7. The van der Waals surface area contributed by atoms with Crippen molar-refractivity contribution in [1.29, 1.82) is 5.26 Å². The zero-order valence-electron chi connectivity index (χ0n) is 14.9. The van der Waals surface area contributed by atoms with Crippen molar-refractivity contribution >= 4 is 34.6 Å². The van der Waals surface area contributed by atoms with Gasteiger partial charge in [0.1, 0.15) is 5.54 Å². The maximum absolute atomic E-state index is 14.8. The fourth-order valence-corrected chi connectivity index (χ4v) is 3.51. The number of amides is 1. The number of aromatic nitrogens is 1. The number of hydrogen-bond acceptors (Lipinski definition) is 4. The van der Waals surface area contributed by atoms with Crippen molar-refractivity contribution < 1.29 is 9.18 Å². The van der Waals surface area contributed by atoms with E-state index in [9.17, 15) is 9.18 Å². The molecule has 2 heterocycles. The Morgan fingerprint density at radius 2 is 1.92 bits per heavy atom. The van der Waals surface area contributed by atoms with E-state index in [0.717, 1.165) is 5.69 Å². The number of anilines is 2. The second-order valence-corrected chi connectivity index (χ2v) is 7.02. The molecule has 5 nitrogen and oxygen atoms in total. The van der Waals surface area contributed by atoms with Crippen molar-refractivity contribution in [2.75, 3.05) is 9.80 Å². The molecule has 7 heteroatoms. The van der Waals surface area contributed by atoms with Crippen LogP contribution in [0.1, 0.15) is 30.7 Å². The summed E-state index contributed by atoms with van der Waals surface area (Å²) in [5.74, 6) is -0.967. The molecular weight excluding hydrogens is 351 g/mol. The van der Waals surface area contributed by atoms with Gasteiger partial charge in [-0.05, 0) is 64.2 Å². The van der Waals surface area contributed by atoms with Crippen LogP contribution < -0.4 is 9.80 Å². The van der Waals surface area contributed by atoms with Crippen LogP contribution in [0, 0.1) is 31.0 Å². The van der Waals surface area contributed by atoms with Gasteiger partial charge in [-0.2, -0.15) is 5.26 Å². The Morgan fingerprint density at radius 1 is 1.23 bits per heavy atom. The minimum atomic E-state index is -0.998. The molecule has 132 valence electrons. The summed E-state index contributed by atoms with van der Waals surface area (Å²) in [6, 6.07) is 8.50. The monoisotopic (exact) mass is 368 g/mol. The number of nitrogens with zero attached hydrogens (tertiary/aromatic N) is 4. The standard InChI is InChI=1S/C19H17FN4OS/c1-11-5-7-14(10-22-11)24-18(26)23(17(25)19(24,3)4)15-8-6-13(9-21)12(2)16(15)20/h5-8,10H,1-4H3. The van der Waals surface area contributed by atoms with Crippen LogP contribution in [0.3, 0.4) is 0 Å². The molecule has 2 aromatic rings. The average Bonchev–Trinajstić information content (AvgIpc) is 2.77. The molecule has 3 rings (SSSR count). The molecule has 0 unspecified atom stereocenters. The first kappa shape index (κ1) is 18.0. The maximum atomic E-state index is 14.8. The molecule has 0 atom stereocenters. The third-order valence-corrected chi connectivity index (χ3v) is 4.91. The Bertz CT molecular complexity index is 963. The number of hydrogen-bond donors (Lipinski definition) is 0. The fourth-order valence-electron chi connectivity index (χ4n) is 3.00. The molecular formula is C19H17FN4OS. The number of pyridine rings is 1. The molecule has 0 aliphatic carbocycles. The summed E-state index contributed by atoms with van der Waals surface area (Å²) in [5.41, 5.74) is 0.965. The van der Waals surface area contributed by atoms with Crippen LogP contribution in [0.2, 0.25) is 0 Å². The highest BCUT2D eigenvalue weighted by Crippen LogP contribution is 2.37. The summed E-state index contributed by atoms with van der Waals surface area (Å²) < 4.78 is 14.8. The highest BCUT2D eigenvalue weighted by molar-refractivity contribution is 7.81. The largest absolute Gasteiger partial charge is 0.302 e. The van der Waals surface area contributed by atoms with E-state index in [4.69, 9.17) is 17.5 Å². The van der Waals surface area contributed by atoms with Crippen molar-refractivity contribution in [2.45, 2.75) is 33.2 Å². The first-order valence-electron chi connectivity index (χ1n) is 8.00. The van der Waals surface area contributed by atoms with Crippen molar-refractivity contribution in [2.24, 2.45) is 0 Å². The highest BCUT2D eigenvalue weighted by Gasteiger charge is 2.51. The van der Waals surface area contributed by atoms with E-state index in [1.807, 2.05) is 25.1 Å². The molecule has 1 aromatic carbocycles. The molecule has 1 aliphatic heterocycles. The molecule has 26 heavy (non-hydrogen) atoms. The van der Waals surface area contributed by atoms with Crippen molar-refractivity contribution in [3.8, 4) is 6.07 Å². The van der Waals surface area contributed by atoms with Gasteiger partial charge in [-0.3, -0.25) is 14.7 Å². The Morgan fingerprint density at radius 3 is 2.50 bits per heavy atom. The van der Waals surface area contributed by atoms with Gasteiger partial charge in [-0.1, -0.05) is 0 Å². The van der Waals surface area contributed by atoms with Crippen LogP contribution in [-0.2, 0) is 4.79 Å². The van der Waals surface area contributed by atoms with Crippen LogP contribution in [0.5, 0.6) is 0 Å². The van der Waals surface area contributed by atoms with E-state index in [0.29, 0.717) is 5.69 Å². The summed E-state index contributed by atoms with van der Waals surface area (Å²) in [6.07, 6.45) is 1.64. The molecule has 1 fully saturated rings. The molecule has 0 bridgehead atoms. The van der Waals surface area contributed by atoms with Gasteiger partial charge < -0.3 is 4.90 Å². The number of carbonyl (C=O) groups excluding carboxylic acids is 1. The summed E-state index contributed by atoms with van der Waals surface area (Å²) in [4.78, 5) is 20.2. The van der Waals surface area contributed by atoms with Crippen LogP contribution in [0.4, 0.5) is 15.8 Å². The van der Waals surface area contributed by atoms with Gasteiger partial charge in [0.15, 0.2) is 10.9 Å². The highest BCUT2D eigenvalue weighted by atomic mass is 32.1. The van der Waals surface area contributed by atoms with Gasteiger partial charge in [0.2, 0.25) is 0 Å². The van der Waals surface area contributed by atoms with E-state index in [2.05, 4.69) is 4.98 Å². The number of rotatable bonds is 2. The summed E-state index contributed by atoms with van der Waals surface area (Å²) in [7, 11) is 0. The summed E-state index contributed by atoms with van der Waals surface area (Å²) in [5, 5.41) is 9.24.